The van der Waals surface area contributed by atoms with Crippen molar-refractivity contribution in [2.24, 2.45) is 5.92 Å². The Balaban J connectivity index is 1.55. The fourth-order valence-electron chi connectivity index (χ4n) is 5.84. The van der Waals surface area contributed by atoms with Crippen LogP contribution in [-0.4, -0.2) is 24.0 Å². The Kier molecular flexibility index (Phi) is 3.99. The van der Waals surface area contributed by atoms with E-state index in [0.29, 0.717) is 12.6 Å². The molecule has 1 fully saturated rings. The smallest absolute Gasteiger partial charge is 0.231 e. The molecule has 0 bridgehead atoms. The third-order valence-electron chi connectivity index (χ3n) is 7.53. The van der Waals surface area contributed by atoms with Crippen LogP contribution in [0.25, 0.3) is 11.8 Å². The number of carbonyl (C=O) groups is 1. The fraction of sp³-hybridized carbons (Fsp3) is 0.423. The summed E-state index contributed by atoms with van der Waals surface area (Å²) in [5.41, 5.74) is 9.03. The average molecular weight is 402 g/mol. The van der Waals surface area contributed by atoms with E-state index in [-0.39, 0.29) is 12.0 Å². The standard InChI is InChI=1S/C26H27NO3/c1-15-7-8-18-11-21-20-13-24-23(29-14-30-24)12-17(20)9-10-27(21)26(25(18)16(15)2)19-5-3-4-6-22(19)28/h7-8,11-13,19,26H,3-6,9-10,14H2,1-2H3. The van der Waals surface area contributed by atoms with Gasteiger partial charge >= 0.3 is 0 Å². The molecule has 3 heterocycles. The van der Waals surface area contributed by atoms with Crippen molar-refractivity contribution < 1.29 is 14.3 Å². The van der Waals surface area contributed by atoms with Crippen molar-refractivity contribution in [1.29, 1.82) is 0 Å². The third-order valence-corrected chi connectivity index (χ3v) is 7.53. The molecule has 154 valence electrons. The second kappa shape index (κ2) is 6.63. The highest BCUT2D eigenvalue weighted by atomic mass is 16.7. The highest BCUT2D eigenvalue weighted by Gasteiger charge is 2.42. The van der Waals surface area contributed by atoms with Crippen molar-refractivity contribution in [3.63, 3.8) is 0 Å². The molecule has 0 saturated heterocycles. The first-order valence-corrected chi connectivity index (χ1v) is 11.2. The van der Waals surface area contributed by atoms with E-state index in [2.05, 4.69) is 49.1 Å². The maximum Gasteiger partial charge on any atom is 0.231 e. The van der Waals surface area contributed by atoms with Crippen LogP contribution in [0.15, 0.2) is 24.3 Å². The van der Waals surface area contributed by atoms with Gasteiger partial charge in [0.05, 0.1) is 6.04 Å². The molecule has 1 aliphatic carbocycles. The van der Waals surface area contributed by atoms with Gasteiger partial charge in [0.1, 0.15) is 5.78 Å². The van der Waals surface area contributed by atoms with Crippen LogP contribution in [0, 0.1) is 19.8 Å². The van der Waals surface area contributed by atoms with Crippen molar-refractivity contribution in [3.8, 4) is 11.5 Å². The fourth-order valence-corrected chi connectivity index (χ4v) is 5.84. The summed E-state index contributed by atoms with van der Waals surface area (Å²) < 4.78 is 11.3. The quantitative estimate of drug-likeness (QED) is 0.658. The first-order chi connectivity index (χ1) is 14.6. The van der Waals surface area contributed by atoms with Crippen molar-refractivity contribution in [1.82, 2.24) is 4.90 Å². The van der Waals surface area contributed by atoms with Crippen molar-refractivity contribution >= 4 is 17.6 Å². The van der Waals surface area contributed by atoms with Gasteiger partial charge in [-0.05, 0) is 79.1 Å². The Hall–Kier alpha value is -2.75. The van der Waals surface area contributed by atoms with Crippen LogP contribution in [0.4, 0.5) is 0 Å². The number of ether oxygens (including phenoxy) is 2. The number of benzene rings is 2. The van der Waals surface area contributed by atoms with E-state index in [0.717, 1.165) is 50.1 Å². The first kappa shape index (κ1) is 18.1. The second-order valence-corrected chi connectivity index (χ2v) is 9.11. The zero-order valence-corrected chi connectivity index (χ0v) is 17.7. The predicted octanol–water partition coefficient (Wildman–Crippen LogP) is 5.20. The van der Waals surface area contributed by atoms with Gasteiger partial charge in [0.15, 0.2) is 11.5 Å². The van der Waals surface area contributed by atoms with Crippen molar-refractivity contribution in [3.05, 3.63) is 57.6 Å². The molecule has 3 aliphatic heterocycles. The molecule has 2 aromatic rings. The molecule has 0 N–H and O–H groups in total. The van der Waals surface area contributed by atoms with E-state index in [4.69, 9.17) is 9.47 Å². The number of ketones is 1. The van der Waals surface area contributed by atoms with Crippen LogP contribution < -0.4 is 9.47 Å². The van der Waals surface area contributed by atoms with E-state index >= 15 is 0 Å². The predicted molar refractivity (Wildman–Crippen MR) is 116 cm³/mol. The molecular weight excluding hydrogens is 374 g/mol. The highest BCUT2D eigenvalue weighted by Crippen LogP contribution is 2.50. The molecule has 4 nitrogen and oxygen atoms in total. The molecule has 0 amide bonds. The van der Waals surface area contributed by atoms with Gasteiger partial charge in [-0.3, -0.25) is 4.79 Å². The maximum atomic E-state index is 13.1. The van der Waals surface area contributed by atoms with Gasteiger partial charge in [0.25, 0.3) is 0 Å². The van der Waals surface area contributed by atoms with Crippen LogP contribution in [0.5, 0.6) is 11.5 Å². The Morgan fingerprint density at radius 3 is 2.70 bits per heavy atom. The van der Waals surface area contributed by atoms with E-state index in [1.165, 1.54) is 39.1 Å². The molecule has 2 unspecified atom stereocenters. The van der Waals surface area contributed by atoms with Gasteiger partial charge in [-0.2, -0.15) is 0 Å². The largest absolute Gasteiger partial charge is 0.454 e. The highest BCUT2D eigenvalue weighted by molar-refractivity contribution is 5.89. The number of fused-ring (bicyclic) bond motifs is 5. The van der Waals surface area contributed by atoms with Gasteiger partial charge in [-0.25, -0.2) is 0 Å². The zero-order valence-electron chi connectivity index (χ0n) is 17.7. The minimum atomic E-state index is 0.0808. The molecule has 30 heavy (non-hydrogen) atoms. The SMILES string of the molecule is Cc1ccc2c(c1C)C(C1CCCCC1=O)N1CCc3cc4c(cc3C1=C2)OCO4. The van der Waals surface area contributed by atoms with Crippen LogP contribution >= 0.6 is 0 Å². The molecule has 0 aromatic heterocycles. The first-order valence-electron chi connectivity index (χ1n) is 11.2. The van der Waals surface area contributed by atoms with E-state index < -0.39 is 0 Å². The third kappa shape index (κ3) is 2.55. The number of hydrogen-bond acceptors (Lipinski definition) is 4. The molecule has 2 atom stereocenters. The number of Topliss-reactive ketones (excluding diaryl/α,β-unsaturated/α-hetero) is 1. The van der Waals surface area contributed by atoms with Crippen molar-refractivity contribution in [2.75, 3.05) is 13.3 Å². The second-order valence-electron chi connectivity index (χ2n) is 9.11. The van der Waals surface area contributed by atoms with Gasteiger partial charge in [0, 0.05) is 30.1 Å². The number of rotatable bonds is 1. The lowest BCUT2D eigenvalue weighted by Crippen LogP contribution is -2.42. The molecule has 0 spiro atoms. The average Bonchev–Trinajstić information content (AvgIpc) is 3.21. The molecule has 6 rings (SSSR count). The molecule has 2 aromatic carbocycles. The molecule has 1 saturated carbocycles. The van der Waals surface area contributed by atoms with Gasteiger partial charge in [-0.15, -0.1) is 0 Å². The minimum absolute atomic E-state index is 0.0808. The van der Waals surface area contributed by atoms with E-state index in [1.807, 2.05) is 0 Å². The lowest BCUT2D eigenvalue weighted by molar-refractivity contribution is -0.126. The summed E-state index contributed by atoms with van der Waals surface area (Å²) in [6.45, 7) is 5.63. The summed E-state index contributed by atoms with van der Waals surface area (Å²) in [5, 5.41) is 0. The Morgan fingerprint density at radius 2 is 1.87 bits per heavy atom. The summed E-state index contributed by atoms with van der Waals surface area (Å²) in [7, 11) is 0. The van der Waals surface area contributed by atoms with Crippen LogP contribution in [0.3, 0.4) is 0 Å². The summed E-state index contributed by atoms with van der Waals surface area (Å²) in [5.74, 6) is 2.20. The van der Waals surface area contributed by atoms with E-state index in [1.54, 1.807) is 0 Å². The van der Waals surface area contributed by atoms with Gasteiger partial charge in [-0.1, -0.05) is 18.6 Å². The lowest BCUT2D eigenvalue weighted by Gasteiger charge is -2.47. The molecule has 4 aliphatic rings. The monoisotopic (exact) mass is 401 g/mol. The number of hydrogen-bond donors (Lipinski definition) is 0. The summed E-state index contributed by atoms with van der Waals surface area (Å²) in [4.78, 5) is 15.6. The Morgan fingerprint density at radius 1 is 1.03 bits per heavy atom. The lowest BCUT2D eigenvalue weighted by atomic mass is 9.73. The van der Waals surface area contributed by atoms with Crippen LogP contribution in [0.2, 0.25) is 0 Å². The minimum Gasteiger partial charge on any atom is -0.454 e. The zero-order chi connectivity index (χ0) is 20.4. The Bertz CT molecular complexity index is 1100. The number of nitrogens with zero attached hydrogens (tertiary/aromatic N) is 1. The molecule has 4 heteroatoms. The molecule has 0 radical (unpaired) electrons. The molecular formula is C26H27NO3. The van der Waals surface area contributed by atoms with Gasteiger partial charge < -0.3 is 14.4 Å². The summed E-state index contributed by atoms with van der Waals surface area (Å²) in [6.07, 6.45) is 7.19. The Labute approximate surface area is 177 Å². The normalized spacial score (nSPS) is 24.1. The summed E-state index contributed by atoms with van der Waals surface area (Å²) >= 11 is 0. The van der Waals surface area contributed by atoms with E-state index in [9.17, 15) is 4.79 Å². The number of aryl methyl sites for hydroxylation is 1. The topological polar surface area (TPSA) is 38.8 Å². The van der Waals surface area contributed by atoms with Crippen LogP contribution in [-0.2, 0) is 11.2 Å². The van der Waals surface area contributed by atoms with Crippen molar-refractivity contribution in [2.45, 2.75) is 52.0 Å². The van der Waals surface area contributed by atoms with Gasteiger partial charge in [0.2, 0.25) is 6.79 Å². The number of carbonyl (C=O) groups excluding carboxylic acids is 1. The van der Waals surface area contributed by atoms with Crippen LogP contribution in [0.1, 0.15) is 65.1 Å². The maximum absolute atomic E-state index is 13.1. The summed E-state index contributed by atoms with van der Waals surface area (Å²) in [6, 6.07) is 8.87.